The molecule has 194 valence electrons. The normalized spacial score (nSPS) is 54.8. The van der Waals surface area contributed by atoms with Crippen molar-refractivity contribution in [2.75, 3.05) is 26.3 Å². The molecule has 6 unspecified atom stereocenters. The molecular weight excluding hydrogens is 424 g/mol. The molecule has 5 nitrogen and oxygen atoms in total. The van der Waals surface area contributed by atoms with Crippen LogP contribution in [0.2, 0.25) is 0 Å². The van der Waals surface area contributed by atoms with Crippen molar-refractivity contribution in [3.05, 3.63) is 0 Å². The molecule has 6 aliphatic rings. The van der Waals surface area contributed by atoms with Gasteiger partial charge < -0.3 is 14.9 Å². The summed E-state index contributed by atoms with van der Waals surface area (Å²) in [7, 11) is 0. The fourth-order valence-electron chi connectivity index (χ4n) is 10.5. The molecule has 0 radical (unpaired) electrons. The third-order valence-electron chi connectivity index (χ3n) is 12.3. The summed E-state index contributed by atoms with van der Waals surface area (Å²) < 4.78 is 5.77. The molecule has 0 aromatic heterocycles. The third-order valence-corrected chi connectivity index (χ3v) is 12.3. The van der Waals surface area contributed by atoms with Gasteiger partial charge in [0.25, 0.3) is 0 Å². The molecule has 0 aromatic carbocycles. The van der Waals surface area contributed by atoms with E-state index in [2.05, 4.69) is 30.6 Å². The van der Waals surface area contributed by atoms with E-state index in [1.165, 1.54) is 64.2 Å². The first-order chi connectivity index (χ1) is 16.3. The molecule has 2 heterocycles. The van der Waals surface area contributed by atoms with Crippen LogP contribution < -0.4 is 0 Å². The van der Waals surface area contributed by atoms with Gasteiger partial charge >= 0.3 is 0 Å². The first-order valence-corrected chi connectivity index (χ1v) is 14.8. The predicted octanol–water partition coefficient (Wildman–Crippen LogP) is 4.26. The van der Waals surface area contributed by atoms with Gasteiger partial charge in [-0.2, -0.15) is 0 Å². The second-order valence-corrected chi connectivity index (χ2v) is 13.7. The number of rotatable bonds is 2. The van der Waals surface area contributed by atoms with E-state index in [1.54, 1.807) is 0 Å². The molecule has 2 aliphatic heterocycles. The number of piperidine rings is 1. The zero-order valence-corrected chi connectivity index (χ0v) is 22.0. The van der Waals surface area contributed by atoms with Crippen molar-refractivity contribution in [2.45, 2.75) is 122 Å². The average molecular weight is 475 g/mol. The van der Waals surface area contributed by atoms with Crippen LogP contribution in [0.5, 0.6) is 0 Å². The molecule has 6 rings (SSSR count). The van der Waals surface area contributed by atoms with Crippen LogP contribution in [0.15, 0.2) is 0 Å². The number of hydrogen-bond acceptors (Lipinski definition) is 5. The summed E-state index contributed by atoms with van der Waals surface area (Å²) >= 11 is 0. The van der Waals surface area contributed by atoms with Gasteiger partial charge in [0.05, 0.1) is 31.6 Å². The number of hydrogen-bond donors (Lipinski definition) is 2. The first-order valence-electron chi connectivity index (χ1n) is 14.8. The Labute approximate surface area is 207 Å². The molecule has 0 amide bonds. The smallest absolute Gasteiger partial charge is 0.0752 e. The average Bonchev–Trinajstić information content (AvgIpc) is 3.10. The van der Waals surface area contributed by atoms with E-state index in [0.29, 0.717) is 35.5 Å². The number of fused-ring (bicyclic) bond motifs is 5. The van der Waals surface area contributed by atoms with Crippen molar-refractivity contribution in [2.24, 2.45) is 34.5 Å². The van der Waals surface area contributed by atoms with Gasteiger partial charge in [-0.25, -0.2) is 0 Å². The standard InChI is InChI=1S/C29H50N2O3/c1-19-18-34-16-15-30(19)26-8-4-5-14-31(26)24-17-23-20-9-10-22-25(32)7-6-12-28(22,2)21(20)11-13-29(23,3)27(24)33/h19-27,32-33H,4-18H2,1-3H3/t19?,20-,21-,22?,23+,24?,25?,26?,27?,28-,29+/m1/s1. The lowest BCUT2D eigenvalue weighted by Gasteiger charge is -2.61. The lowest BCUT2D eigenvalue weighted by atomic mass is 9.45. The minimum absolute atomic E-state index is 0.0565. The Morgan fingerprint density at radius 3 is 2.47 bits per heavy atom. The number of nitrogens with zero attached hydrogens (tertiary/aromatic N) is 2. The van der Waals surface area contributed by atoms with Gasteiger partial charge in [0.1, 0.15) is 0 Å². The van der Waals surface area contributed by atoms with Crippen LogP contribution in [0.3, 0.4) is 0 Å². The maximum absolute atomic E-state index is 12.0. The van der Waals surface area contributed by atoms with E-state index in [9.17, 15) is 10.2 Å². The Morgan fingerprint density at radius 1 is 0.794 bits per heavy atom. The Balaban J connectivity index is 1.26. The number of aliphatic hydroxyl groups excluding tert-OH is 2. The largest absolute Gasteiger partial charge is 0.393 e. The highest BCUT2D eigenvalue weighted by atomic mass is 16.5. The van der Waals surface area contributed by atoms with Crippen LogP contribution in [-0.2, 0) is 4.74 Å². The fourth-order valence-corrected chi connectivity index (χ4v) is 10.5. The lowest BCUT2D eigenvalue weighted by Crippen LogP contribution is -2.61. The molecule has 2 N–H and O–H groups in total. The minimum Gasteiger partial charge on any atom is -0.393 e. The Hall–Kier alpha value is -0.200. The highest BCUT2D eigenvalue weighted by molar-refractivity contribution is 5.14. The predicted molar refractivity (Wildman–Crippen MR) is 134 cm³/mol. The molecule has 2 saturated heterocycles. The Kier molecular flexibility index (Phi) is 6.37. The highest BCUT2D eigenvalue weighted by Gasteiger charge is 2.63. The second kappa shape index (κ2) is 8.97. The van der Waals surface area contributed by atoms with Crippen LogP contribution in [0, 0.1) is 34.5 Å². The van der Waals surface area contributed by atoms with Crippen LogP contribution in [0.1, 0.15) is 91.4 Å². The zero-order valence-electron chi connectivity index (χ0n) is 22.0. The van der Waals surface area contributed by atoms with Gasteiger partial charge in [-0.3, -0.25) is 9.80 Å². The number of ether oxygens (including phenoxy) is 1. The third kappa shape index (κ3) is 3.58. The van der Waals surface area contributed by atoms with E-state index in [0.717, 1.165) is 44.6 Å². The molecule has 4 aliphatic carbocycles. The summed E-state index contributed by atoms with van der Waals surface area (Å²) in [6.07, 6.45) is 13.6. The van der Waals surface area contributed by atoms with Crippen molar-refractivity contribution < 1.29 is 14.9 Å². The zero-order chi connectivity index (χ0) is 23.7. The number of likely N-dealkylation sites (tertiary alicyclic amines) is 1. The monoisotopic (exact) mass is 474 g/mol. The summed E-state index contributed by atoms with van der Waals surface area (Å²) in [6.45, 7) is 11.1. The van der Waals surface area contributed by atoms with Crippen molar-refractivity contribution in [3.63, 3.8) is 0 Å². The number of morpholine rings is 1. The summed E-state index contributed by atoms with van der Waals surface area (Å²) in [5.41, 5.74) is 0.364. The molecular formula is C29H50N2O3. The van der Waals surface area contributed by atoms with Gasteiger partial charge in [-0.1, -0.05) is 20.3 Å². The van der Waals surface area contributed by atoms with Gasteiger partial charge in [0, 0.05) is 25.2 Å². The van der Waals surface area contributed by atoms with E-state index < -0.39 is 0 Å². The summed E-state index contributed by atoms with van der Waals surface area (Å²) in [6, 6.07) is 0.768. The fraction of sp³-hybridized carbons (Fsp3) is 1.00. The van der Waals surface area contributed by atoms with E-state index in [4.69, 9.17) is 4.74 Å². The summed E-state index contributed by atoms with van der Waals surface area (Å²) in [5, 5.41) is 22.8. The highest BCUT2D eigenvalue weighted by Crippen LogP contribution is 2.66. The Bertz CT molecular complexity index is 749. The summed E-state index contributed by atoms with van der Waals surface area (Å²) in [5.74, 6) is 2.60. The van der Waals surface area contributed by atoms with Crippen molar-refractivity contribution >= 4 is 0 Å². The van der Waals surface area contributed by atoms with Gasteiger partial charge in [0.15, 0.2) is 0 Å². The van der Waals surface area contributed by atoms with Gasteiger partial charge in [-0.15, -0.1) is 0 Å². The Morgan fingerprint density at radius 2 is 1.65 bits per heavy atom. The molecule has 0 bridgehead atoms. The van der Waals surface area contributed by atoms with Crippen LogP contribution >= 0.6 is 0 Å². The topological polar surface area (TPSA) is 56.2 Å². The van der Waals surface area contributed by atoms with Crippen molar-refractivity contribution in [1.82, 2.24) is 9.80 Å². The van der Waals surface area contributed by atoms with Gasteiger partial charge in [-0.05, 0) is 106 Å². The van der Waals surface area contributed by atoms with E-state index in [-0.39, 0.29) is 17.6 Å². The van der Waals surface area contributed by atoms with Crippen molar-refractivity contribution in [1.29, 1.82) is 0 Å². The minimum atomic E-state index is -0.210. The number of aliphatic hydroxyl groups is 2. The maximum atomic E-state index is 12.0. The molecule has 5 heteroatoms. The van der Waals surface area contributed by atoms with E-state index in [1.807, 2.05) is 0 Å². The maximum Gasteiger partial charge on any atom is 0.0752 e. The van der Waals surface area contributed by atoms with Crippen LogP contribution in [0.4, 0.5) is 0 Å². The van der Waals surface area contributed by atoms with Crippen LogP contribution in [0.25, 0.3) is 0 Å². The quantitative estimate of drug-likeness (QED) is 0.626. The van der Waals surface area contributed by atoms with Crippen LogP contribution in [-0.4, -0.2) is 76.8 Å². The van der Waals surface area contributed by atoms with E-state index >= 15 is 0 Å². The summed E-state index contributed by atoms with van der Waals surface area (Å²) in [4.78, 5) is 5.45. The molecule has 4 saturated carbocycles. The lowest BCUT2D eigenvalue weighted by molar-refractivity contribution is -0.151. The molecule has 11 atom stereocenters. The van der Waals surface area contributed by atoms with Gasteiger partial charge in [0.2, 0.25) is 0 Å². The molecule has 0 aromatic rings. The molecule has 0 spiro atoms. The molecule has 6 fully saturated rings. The first kappa shape index (κ1) is 24.2. The second-order valence-electron chi connectivity index (χ2n) is 13.7. The SMILES string of the molecule is CC1COCCN1C1CCCCN1C1C[C@H]2[C@@H]3CCC4C(O)CCC[C@]4(C)[C@@H]3CC[C@]2(C)C1O. The molecule has 34 heavy (non-hydrogen) atoms. The van der Waals surface area contributed by atoms with Crippen molar-refractivity contribution in [3.8, 4) is 0 Å².